The van der Waals surface area contributed by atoms with Gasteiger partial charge in [0.2, 0.25) is 0 Å². The number of piperazine rings is 1. The average molecular weight is 424 g/mol. The molecule has 0 radical (unpaired) electrons. The van der Waals surface area contributed by atoms with E-state index in [-0.39, 0.29) is 11.9 Å². The largest absolute Gasteiger partial charge is 0.431 e. The number of aromatic nitrogens is 1. The maximum atomic E-state index is 12.4. The smallest absolute Gasteiger partial charge is 0.279 e. The molecule has 2 aliphatic heterocycles. The number of thiazole rings is 1. The Morgan fingerprint density at radius 3 is 2.60 bits per heavy atom. The van der Waals surface area contributed by atoms with Crippen LogP contribution in [0.1, 0.15) is 25.8 Å². The third-order valence-electron chi connectivity index (χ3n) is 5.93. The van der Waals surface area contributed by atoms with Crippen molar-refractivity contribution in [3.63, 3.8) is 0 Å². The number of fused-ring (bicyclic) bond motifs is 3. The van der Waals surface area contributed by atoms with Gasteiger partial charge >= 0.3 is 0 Å². The molecule has 30 heavy (non-hydrogen) atoms. The first-order valence-corrected chi connectivity index (χ1v) is 11.1. The highest BCUT2D eigenvalue weighted by atomic mass is 32.1. The van der Waals surface area contributed by atoms with Crippen LogP contribution in [0.3, 0.4) is 0 Å². The fourth-order valence-electron chi connectivity index (χ4n) is 4.44. The van der Waals surface area contributed by atoms with Crippen molar-refractivity contribution in [2.24, 2.45) is 0 Å². The third kappa shape index (κ3) is 3.69. The summed E-state index contributed by atoms with van der Waals surface area (Å²) < 4.78 is 7.05. The van der Waals surface area contributed by atoms with E-state index in [1.54, 1.807) is 25.2 Å². The number of aliphatic hydroxyl groups is 1. The highest BCUT2D eigenvalue weighted by molar-refractivity contribution is 7.20. The summed E-state index contributed by atoms with van der Waals surface area (Å²) in [6, 6.07) is 16.7. The highest BCUT2D eigenvalue weighted by Gasteiger charge is 2.47. The highest BCUT2D eigenvalue weighted by Crippen LogP contribution is 2.34. The SMILES string of the molecule is CC(C)(O)C(=O)N1CC2CC1CN2Cc1ccc(Oc2nc3ccccc3s2)cc1. The van der Waals surface area contributed by atoms with E-state index in [4.69, 9.17) is 4.74 Å². The third-order valence-corrected chi connectivity index (χ3v) is 6.84. The van der Waals surface area contributed by atoms with E-state index in [0.29, 0.717) is 17.8 Å². The number of carbonyl (C=O) groups is 1. The van der Waals surface area contributed by atoms with Crippen LogP contribution >= 0.6 is 11.3 Å². The van der Waals surface area contributed by atoms with E-state index < -0.39 is 5.60 Å². The molecule has 2 saturated heterocycles. The second-order valence-electron chi connectivity index (χ2n) is 8.68. The van der Waals surface area contributed by atoms with Crippen LogP contribution in [-0.4, -0.2) is 56.6 Å². The van der Waals surface area contributed by atoms with Gasteiger partial charge in [-0.3, -0.25) is 9.69 Å². The minimum atomic E-state index is -1.30. The van der Waals surface area contributed by atoms with Gasteiger partial charge in [0.15, 0.2) is 0 Å². The second kappa shape index (κ2) is 7.34. The summed E-state index contributed by atoms with van der Waals surface area (Å²) in [7, 11) is 0. The Hall–Kier alpha value is -2.48. The molecule has 0 aliphatic carbocycles. The lowest BCUT2D eigenvalue weighted by Crippen LogP contribution is -2.53. The zero-order valence-electron chi connectivity index (χ0n) is 17.1. The molecule has 3 heterocycles. The van der Waals surface area contributed by atoms with Crippen LogP contribution in [0.4, 0.5) is 0 Å². The Morgan fingerprint density at radius 2 is 1.93 bits per heavy atom. The lowest BCUT2D eigenvalue weighted by atomic mass is 10.1. The van der Waals surface area contributed by atoms with Crippen LogP contribution < -0.4 is 4.74 Å². The van der Waals surface area contributed by atoms with Crippen LogP contribution in [0.25, 0.3) is 10.2 Å². The molecule has 1 N–H and O–H groups in total. The number of likely N-dealkylation sites (tertiary alicyclic amines) is 2. The molecule has 0 spiro atoms. The zero-order chi connectivity index (χ0) is 20.9. The monoisotopic (exact) mass is 423 g/mol. The van der Waals surface area contributed by atoms with Crippen LogP contribution in [0, 0.1) is 0 Å². The maximum absolute atomic E-state index is 12.4. The van der Waals surface area contributed by atoms with Crippen LogP contribution in [0.2, 0.25) is 0 Å². The fraction of sp³-hybridized carbons (Fsp3) is 0.391. The topological polar surface area (TPSA) is 65.9 Å². The van der Waals surface area contributed by atoms with E-state index in [0.717, 1.165) is 35.5 Å². The van der Waals surface area contributed by atoms with Crippen LogP contribution in [0.15, 0.2) is 48.5 Å². The van der Waals surface area contributed by atoms with E-state index in [2.05, 4.69) is 22.0 Å². The Bertz CT molecular complexity index is 1040. The van der Waals surface area contributed by atoms with Crippen molar-refractivity contribution in [1.82, 2.24) is 14.8 Å². The number of ether oxygens (including phenoxy) is 1. The maximum Gasteiger partial charge on any atom is 0.279 e. The zero-order valence-corrected chi connectivity index (χ0v) is 17.9. The summed E-state index contributed by atoms with van der Waals surface area (Å²) >= 11 is 1.54. The van der Waals surface area contributed by atoms with Gasteiger partial charge in [0.05, 0.1) is 10.2 Å². The van der Waals surface area contributed by atoms with Crippen molar-refractivity contribution in [3.8, 4) is 10.9 Å². The van der Waals surface area contributed by atoms with Gasteiger partial charge in [0.25, 0.3) is 11.1 Å². The molecule has 2 atom stereocenters. The number of benzene rings is 2. The normalized spacial score (nSPS) is 21.5. The molecule has 0 saturated carbocycles. The number of para-hydroxylation sites is 1. The van der Waals surface area contributed by atoms with Crippen molar-refractivity contribution in [1.29, 1.82) is 0 Å². The molecule has 5 rings (SSSR count). The minimum absolute atomic E-state index is 0.161. The standard InChI is InChI=1S/C23H25N3O3S/c1-23(2,28)21(27)26-14-16-11-17(26)13-25(16)12-15-7-9-18(10-8-15)29-22-24-19-5-3-4-6-20(19)30-22/h3-10,16-17,28H,11-14H2,1-2H3. The van der Waals surface area contributed by atoms with Gasteiger partial charge in [0, 0.05) is 31.7 Å². The number of carbonyl (C=O) groups excluding carboxylic acids is 1. The van der Waals surface area contributed by atoms with Gasteiger partial charge < -0.3 is 14.7 Å². The molecular formula is C23H25N3O3S. The van der Waals surface area contributed by atoms with Crippen molar-refractivity contribution in [3.05, 3.63) is 54.1 Å². The first-order chi connectivity index (χ1) is 14.4. The number of nitrogens with zero attached hydrogens (tertiary/aromatic N) is 3. The number of rotatable bonds is 5. The molecule has 2 bridgehead atoms. The van der Waals surface area contributed by atoms with Gasteiger partial charge in [0.1, 0.15) is 11.4 Å². The quantitative estimate of drug-likeness (QED) is 0.679. The molecule has 2 aliphatic rings. The molecule has 6 nitrogen and oxygen atoms in total. The average Bonchev–Trinajstić information content (AvgIpc) is 3.41. The van der Waals surface area contributed by atoms with Gasteiger partial charge in [-0.1, -0.05) is 35.6 Å². The van der Waals surface area contributed by atoms with Crippen molar-refractivity contribution < 1.29 is 14.6 Å². The summed E-state index contributed by atoms with van der Waals surface area (Å²) in [6.07, 6.45) is 0.987. The summed E-state index contributed by atoms with van der Waals surface area (Å²) in [5, 5.41) is 10.7. The molecule has 1 amide bonds. The number of hydrogen-bond acceptors (Lipinski definition) is 6. The van der Waals surface area contributed by atoms with E-state index in [9.17, 15) is 9.90 Å². The van der Waals surface area contributed by atoms with Crippen LogP contribution in [-0.2, 0) is 11.3 Å². The number of hydrogen-bond donors (Lipinski definition) is 1. The lowest BCUT2D eigenvalue weighted by Gasteiger charge is -2.36. The molecule has 2 fully saturated rings. The van der Waals surface area contributed by atoms with E-state index >= 15 is 0 Å². The molecular weight excluding hydrogens is 398 g/mol. The summed E-state index contributed by atoms with van der Waals surface area (Å²) in [5.41, 5.74) is 0.879. The Kier molecular flexibility index (Phi) is 4.76. The Balaban J connectivity index is 1.20. The minimum Gasteiger partial charge on any atom is -0.431 e. The molecule has 156 valence electrons. The van der Waals surface area contributed by atoms with Crippen LogP contribution in [0.5, 0.6) is 10.9 Å². The number of amides is 1. The van der Waals surface area contributed by atoms with Gasteiger partial charge in [-0.25, -0.2) is 4.98 Å². The molecule has 3 aromatic rings. The van der Waals surface area contributed by atoms with E-state index in [1.165, 1.54) is 5.56 Å². The second-order valence-corrected chi connectivity index (χ2v) is 9.68. The molecule has 2 aromatic carbocycles. The van der Waals surface area contributed by atoms with Gasteiger partial charge in [-0.15, -0.1) is 0 Å². The molecule has 7 heteroatoms. The molecule has 2 unspecified atom stereocenters. The van der Waals surface area contributed by atoms with Gasteiger partial charge in [-0.05, 0) is 50.1 Å². The first kappa shape index (κ1) is 19.5. The predicted octanol–water partition coefficient (Wildman–Crippen LogP) is 3.64. The summed E-state index contributed by atoms with van der Waals surface area (Å²) in [5.74, 6) is 0.619. The first-order valence-electron chi connectivity index (χ1n) is 10.3. The van der Waals surface area contributed by atoms with E-state index in [1.807, 2.05) is 41.3 Å². The lowest BCUT2D eigenvalue weighted by molar-refractivity contribution is -0.150. The van der Waals surface area contributed by atoms with Crippen molar-refractivity contribution >= 4 is 27.5 Å². The van der Waals surface area contributed by atoms with Crippen molar-refractivity contribution in [2.45, 2.75) is 44.5 Å². The summed E-state index contributed by atoms with van der Waals surface area (Å²) in [6.45, 7) is 5.55. The fourth-order valence-corrected chi connectivity index (χ4v) is 5.27. The van der Waals surface area contributed by atoms with Gasteiger partial charge in [-0.2, -0.15) is 0 Å². The predicted molar refractivity (Wildman–Crippen MR) is 117 cm³/mol. The summed E-state index contributed by atoms with van der Waals surface area (Å²) in [4.78, 5) is 21.2. The molecule has 1 aromatic heterocycles. The Labute approximate surface area is 179 Å². The Morgan fingerprint density at radius 1 is 1.17 bits per heavy atom. The van der Waals surface area contributed by atoms with Crippen molar-refractivity contribution in [2.75, 3.05) is 13.1 Å².